The van der Waals surface area contributed by atoms with Crippen LogP contribution in [0.5, 0.6) is 0 Å². The van der Waals surface area contributed by atoms with E-state index < -0.39 is 0 Å². The van der Waals surface area contributed by atoms with Crippen LogP contribution < -0.4 is 11.1 Å². The van der Waals surface area contributed by atoms with Gasteiger partial charge in [0.05, 0.1) is 0 Å². The van der Waals surface area contributed by atoms with Crippen LogP contribution in [0.4, 0.5) is 11.6 Å². The average Bonchev–Trinajstić information content (AvgIpc) is 2.23. The molecular formula is C8H10Cl2N4S2. The fraction of sp³-hybridized carbons (Fsp3) is 0.375. The number of nitrogen functional groups attached to an aromatic ring is 1. The van der Waals surface area contributed by atoms with Crippen molar-refractivity contribution < 1.29 is 0 Å². The highest BCUT2D eigenvalue weighted by atomic mass is 35.5. The van der Waals surface area contributed by atoms with E-state index >= 15 is 0 Å². The van der Waals surface area contributed by atoms with E-state index in [9.17, 15) is 0 Å². The predicted octanol–water partition coefficient (Wildman–Crippen LogP) is 3.21. The molecule has 1 aromatic heterocycles. The summed E-state index contributed by atoms with van der Waals surface area (Å²) in [5, 5.41) is 3.07. The van der Waals surface area contributed by atoms with Gasteiger partial charge in [-0.25, -0.2) is 0 Å². The molecule has 1 rings (SSSR count). The van der Waals surface area contributed by atoms with Gasteiger partial charge in [-0.15, -0.1) is 0 Å². The number of halogens is 2. The van der Waals surface area contributed by atoms with E-state index in [4.69, 9.17) is 41.2 Å². The minimum Gasteiger partial charge on any atom is -0.394 e. The van der Waals surface area contributed by atoms with E-state index in [1.54, 1.807) is 0 Å². The van der Waals surface area contributed by atoms with Gasteiger partial charge >= 0.3 is 0 Å². The lowest BCUT2D eigenvalue weighted by Gasteiger charge is -2.07. The molecule has 0 bridgehead atoms. The van der Waals surface area contributed by atoms with Crippen molar-refractivity contribution in [1.29, 1.82) is 0 Å². The first-order valence-electron chi connectivity index (χ1n) is 4.47. The van der Waals surface area contributed by atoms with Crippen LogP contribution in [0.3, 0.4) is 0 Å². The van der Waals surface area contributed by atoms with Crippen LogP contribution in [0, 0.1) is 0 Å². The lowest BCUT2D eigenvalue weighted by molar-refractivity contribution is 1.11. The van der Waals surface area contributed by atoms with Gasteiger partial charge in [0.25, 0.3) is 0 Å². The van der Waals surface area contributed by atoms with Crippen molar-refractivity contribution >= 4 is 63.1 Å². The number of anilines is 2. The molecule has 0 saturated heterocycles. The zero-order chi connectivity index (χ0) is 12.1. The molecule has 0 aliphatic rings. The van der Waals surface area contributed by atoms with Crippen molar-refractivity contribution in [3.63, 3.8) is 0 Å². The van der Waals surface area contributed by atoms with E-state index in [-0.39, 0.29) is 21.9 Å². The first-order chi connectivity index (χ1) is 7.54. The van der Waals surface area contributed by atoms with Crippen molar-refractivity contribution in [1.82, 2.24) is 9.97 Å². The highest BCUT2D eigenvalue weighted by molar-refractivity contribution is 8.23. The number of aromatic nitrogens is 2. The molecule has 8 heteroatoms. The largest absolute Gasteiger partial charge is 0.394 e. The maximum atomic E-state index is 5.76. The van der Waals surface area contributed by atoms with E-state index in [1.807, 2.05) is 0 Å². The molecule has 0 radical (unpaired) electrons. The number of rotatable bonds is 3. The summed E-state index contributed by atoms with van der Waals surface area (Å²) in [6.07, 6.45) is 1.04. The molecule has 0 amide bonds. The zero-order valence-corrected chi connectivity index (χ0v) is 11.6. The molecule has 0 aromatic carbocycles. The SMILES string of the molecule is CCCSC(=S)Nc1nc(Cl)c(N)c(Cl)n1. The molecule has 4 nitrogen and oxygen atoms in total. The van der Waals surface area contributed by atoms with Gasteiger partial charge in [-0.1, -0.05) is 54.1 Å². The average molecular weight is 297 g/mol. The molecule has 0 atom stereocenters. The predicted molar refractivity (Wildman–Crippen MR) is 75.4 cm³/mol. The van der Waals surface area contributed by atoms with Crippen molar-refractivity contribution in [3.05, 3.63) is 10.3 Å². The van der Waals surface area contributed by atoms with Gasteiger partial charge in [0.2, 0.25) is 5.95 Å². The normalized spacial score (nSPS) is 10.2. The topological polar surface area (TPSA) is 63.8 Å². The number of thiocarbonyl (C=S) groups is 1. The molecule has 0 saturated carbocycles. The second-order valence-electron chi connectivity index (χ2n) is 2.80. The summed E-state index contributed by atoms with van der Waals surface area (Å²) < 4.78 is 0.582. The van der Waals surface area contributed by atoms with Gasteiger partial charge in [0, 0.05) is 0 Å². The first kappa shape index (κ1) is 13.8. The Hall–Kier alpha value is -0.300. The Morgan fingerprint density at radius 1 is 1.44 bits per heavy atom. The molecule has 88 valence electrons. The second-order valence-corrected chi connectivity index (χ2v) is 5.29. The Morgan fingerprint density at radius 3 is 2.50 bits per heavy atom. The molecular weight excluding hydrogens is 287 g/mol. The maximum absolute atomic E-state index is 5.76. The zero-order valence-electron chi connectivity index (χ0n) is 8.46. The van der Waals surface area contributed by atoms with Crippen LogP contribution in [0.1, 0.15) is 13.3 Å². The Labute approximate surface area is 113 Å². The molecule has 0 aliphatic carbocycles. The molecule has 16 heavy (non-hydrogen) atoms. The molecule has 0 spiro atoms. The summed E-state index contributed by atoms with van der Waals surface area (Å²) in [5.41, 5.74) is 5.67. The van der Waals surface area contributed by atoms with Gasteiger partial charge in [0.1, 0.15) is 10.0 Å². The van der Waals surface area contributed by atoms with Crippen molar-refractivity contribution in [2.45, 2.75) is 13.3 Å². The number of nitrogens with two attached hydrogens (primary N) is 1. The number of hydrogen-bond acceptors (Lipinski definition) is 5. The number of nitrogens with one attached hydrogen (secondary N) is 1. The molecule has 1 aromatic rings. The van der Waals surface area contributed by atoms with Crippen LogP contribution in [-0.2, 0) is 0 Å². The highest BCUT2D eigenvalue weighted by Crippen LogP contribution is 2.25. The fourth-order valence-corrected chi connectivity index (χ4v) is 2.08. The lowest BCUT2D eigenvalue weighted by Crippen LogP contribution is -2.09. The Kier molecular flexibility index (Phi) is 5.54. The third-order valence-corrected chi connectivity index (χ3v) is 3.51. The summed E-state index contributed by atoms with van der Waals surface area (Å²) in [6.45, 7) is 2.07. The first-order valence-corrected chi connectivity index (χ1v) is 6.61. The minimum absolute atomic E-state index is 0.116. The number of thioether (sulfide) groups is 1. The third kappa shape index (κ3) is 3.93. The maximum Gasteiger partial charge on any atom is 0.231 e. The van der Waals surface area contributed by atoms with Gasteiger partial charge in [-0.2, -0.15) is 9.97 Å². The molecule has 0 unspecified atom stereocenters. The van der Waals surface area contributed by atoms with Crippen LogP contribution in [0.25, 0.3) is 0 Å². The molecule has 0 fully saturated rings. The molecule has 1 heterocycles. The lowest BCUT2D eigenvalue weighted by atomic mass is 10.5. The fourth-order valence-electron chi connectivity index (χ4n) is 0.795. The van der Waals surface area contributed by atoms with Crippen LogP contribution in [0.2, 0.25) is 10.3 Å². The van der Waals surface area contributed by atoms with Gasteiger partial charge in [-0.3, -0.25) is 0 Å². The van der Waals surface area contributed by atoms with Gasteiger partial charge in [-0.05, 0) is 12.2 Å². The summed E-state index contributed by atoms with van der Waals surface area (Å²) in [5.74, 6) is 1.19. The van der Waals surface area contributed by atoms with E-state index in [0.717, 1.165) is 12.2 Å². The number of hydrogen-bond donors (Lipinski definition) is 2. The van der Waals surface area contributed by atoms with Gasteiger partial charge in [0.15, 0.2) is 10.3 Å². The monoisotopic (exact) mass is 296 g/mol. The summed E-state index contributed by atoms with van der Waals surface area (Å²) >= 11 is 18.1. The van der Waals surface area contributed by atoms with E-state index in [0.29, 0.717) is 4.32 Å². The standard InChI is InChI=1S/C8H10Cl2N4S2/c1-2-3-16-8(15)14-7-12-5(9)4(11)6(10)13-7/h2-3,11H2,1H3,(H,12,13,14,15). The van der Waals surface area contributed by atoms with Crippen molar-refractivity contribution in [3.8, 4) is 0 Å². The smallest absolute Gasteiger partial charge is 0.231 e. The summed E-state index contributed by atoms with van der Waals surface area (Å²) in [4.78, 5) is 7.83. The Bertz CT molecular complexity index is 377. The molecule has 0 aliphatic heterocycles. The van der Waals surface area contributed by atoms with Crippen molar-refractivity contribution in [2.75, 3.05) is 16.8 Å². The number of nitrogens with zero attached hydrogens (tertiary/aromatic N) is 2. The highest BCUT2D eigenvalue weighted by Gasteiger charge is 2.09. The van der Waals surface area contributed by atoms with Crippen LogP contribution >= 0.6 is 47.2 Å². The van der Waals surface area contributed by atoms with Crippen molar-refractivity contribution in [2.24, 2.45) is 0 Å². The summed E-state index contributed by atoms with van der Waals surface area (Å²) in [6, 6.07) is 0. The van der Waals surface area contributed by atoms with Crippen LogP contribution in [0.15, 0.2) is 0 Å². The second kappa shape index (κ2) is 6.44. The third-order valence-electron chi connectivity index (χ3n) is 1.50. The summed E-state index contributed by atoms with van der Waals surface area (Å²) in [7, 11) is 0. The Balaban J connectivity index is 2.71. The molecule has 3 N–H and O–H groups in total. The van der Waals surface area contributed by atoms with Gasteiger partial charge < -0.3 is 11.1 Å². The quantitative estimate of drug-likeness (QED) is 0.660. The van der Waals surface area contributed by atoms with E-state index in [1.165, 1.54) is 11.8 Å². The Morgan fingerprint density at radius 2 is 2.00 bits per heavy atom. The van der Waals surface area contributed by atoms with E-state index in [2.05, 4.69) is 22.2 Å². The van der Waals surface area contributed by atoms with Crippen LogP contribution in [-0.4, -0.2) is 20.0 Å². The minimum atomic E-state index is 0.116.